The molecule has 11 heteroatoms. The second kappa shape index (κ2) is 9.44. The van der Waals surface area contributed by atoms with Gasteiger partial charge in [0.15, 0.2) is 5.82 Å². The van der Waals surface area contributed by atoms with Gasteiger partial charge in [-0.2, -0.15) is 9.97 Å². The molecule has 200 valence electrons. The molecule has 0 radical (unpaired) electrons. The van der Waals surface area contributed by atoms with E-state index in [-0.39, 0.29) is 31.0 Å². The van der Waals surface area contributed by atoms with Gasteiger partial charge in [-0.25, -0.2) is 9.78 Å². The smallest absolute Gasteiger partial charge is 0.339 e. The second-order valence-corrected chi connectivity index (χ2v) is 10.4. The summed E-state index contributed by atoms with van der Waals surface area (Å²) in [7, 11) is 0. The molecule has 1 aliphatic carbocycles. The van der Waals surface area contributed by atoms with Gasteiger partial charge >= 0.3 is 5.97 Å². The highest BCUT2D eigenvalue weighted by atomic mass is 16.6. The number of aliphatic hydroxyl groups is 2. The summed E-state index contributed by atoms with van der Waals surface area (Å²) in [4.78, 5) is 25.9. The molecule has 1 saturated carbocycles. The Morgan fingerprint density at radius 2 is 1.85 bits per heavy atom. The summed E-state index contributed by atoms with van der Waals surface area (Å²) in [5.41, 5.74) is 2.11. The molecule has 3 heterocycles. The van der Waals surface area contributed by atoms with Crippen molar-refractivity contribution in [3.63, 3.8) is 0 Å². The van der Waals surface area contributed by atoms with Crippen LogP contribution in [0.3, 0.4) is 0 Å². The van der Waals surface area contributed by atoms with Gasteiger partial charge in [0.2, 0.25) is 5.95 Å². The minimum Gasteiger partial charge on any atom is -0.451 e. The quantitative estimate of drug-likeness (QED) is 0.234. The lowest BCUT2D eigenvalue weighted by Crippen LogP contribution is -2.17. The third-order valence-corrected chi connectivity index (χ3v) is 7.26. The SMILES string of the molecule is CC1(C)OC(=O)c2ccc(Nc3ncc(-c4nc(C5(CO)CC5)no4)c(NC(CO)c4ccccc4)n3)cc21. The Labute approximate surface area is 224 Å². The molecule has 2 aromatic heterocycles. The van der Waals surface area contributed by atoms with Crippen LogP contribution in [0, 0.1) is 0 Å². The number of fused-ring (bicyclic) bond motifs is 1. The summed E-state index contributed by atoms with van der Waals surface area (Å²) in [5.74, 6) is 0.964. The maximum Gasteiger partial charge on any atom is 0.339 e. The monoisotopic (exact) mass is 528 g/mol. The second-order valence-electron chi connectivity index (χ2n) is 10.4. The molecule has 0 bridgehead atoms. The molecule has 4 N–H and O–H groups in total. The van der Waals surface area contributed by atoms with E-state index in [0.717, 1.165) is 24.0 Å². The van der Waals surface area contributed by atoms with Crippen molar-refractivity contribution in [1.29, 1.82) is 0 Å². The lowest BCUT2D eigenvalue weighted by atomic mass is 9.95. The molecule has 1 aliphatic heterocycles. The number of hydrogen-bond acceptors (Lipinski definition) is 11. The number of hydrogen-bond donors (Lipinski definition) is 4. The average molecular weight is 529 g/mol. The van der Waals surface area contributed by atoms with E-state index >= 15 is 0 Å². The van der Waals surface area contributed by atoms with Crippen LogP contribution in [0.1, 0.15) is 60.0 Å². The minimum atomic E-state index is -0.741. The van der Waals surface area contributed by atoms with Crippen LogP contribution in [0.15, 0.2) is 59.3 Å². The molecule has 0 saturated heterocycles. The summed E-state index contributed by atoms with van der Waals surface area (Å²) < 4.78 is 11.0. The first-order chi connectivity index (χ1) is 18.8. The summed E-state index contributed by atoms with van der Waals surface area (Å²) in [5, 5.41) is 30.6. The predicted molar refractivity (Wildman–Crippen MR) is 141 cm³/mol. The molecular formula is C28H28N6O5. The highest BCUT2D eigenvalue weighted by Gasteiger charge is 2.48. The number of carbonyl (C=O) groups is 1. The van der Waals surface area contributed by atoms with Gasteiger partial charge < -0.3 is 30.1 Å². The fourth-order valence-electron chi connectivity index (χ4n) is 4.71. The van der Waals surface area contributed by atoms with Gasteiger partial charge in [0.05, 0.1) is 30.2 Å². The molecule has 1 fully saturated rings. The Bertz CT molecular complexity index is 1530. The van der Waals surface area contributed by atoms with Crippen molar-refractivity contribution in [2.45, 2.75) is 43.7 Å². The number of nitrogens with zero attached hydrogens (tertiary/aromatic N) is 4. The van der Waals surface area contributed by atoms with Crippen LogP contribution in [0.5, 0.6) is 0 Å². The topological polar surface area (TPSA) is 156 Å². The highest BCUT2D eigenvalue weighted by Crippen LogP contribution is 2.47. The third kappa shape index (κ3) is 4.59. The Morgan fingerprint density at radius 3 is 2.56 bits per heavy atom. The molecule has 0 spiro atoms. The lowest BCUT2D eigenvalue weighted by molar-refractivity contribution is 0.00954. The highest BCUT2D eigenvalue weighted by molar-refractivity contribution is 5.95. The van der Waals surface area contributed by atoms with Gasteiger partial charge in [-0.3, -0.25) is 0 Å². The van der Waals surface area contributed by atoms with Crippen molar-refractivity contribution >= 4 is 23.4 Å². The normalized spacial score (nSPS) is 17.3. The summed E-state index contributed by atoms with van der Waals surface area (Å²) >= 11 is 0. The van der Waals surface area contributed by atoms with Gasteiger partial charge in [0.1, 0.15) is 17.0 Å². The lowest BCUT2D eigenvalue weighted by Gasteiger charge is -2.20. The molecule has 1 atom stereocenters. The molecule has 6 rings (SSSR count). The van der Waals surface area contributed by atoms with Crippen LogP contribution in [-0.4, -0.2) is 49.5 Å². The number of aliphatic hydroxyl groups excluding tert-OH is 2. The first-order valence-electron chi connectivity index (χ1n) is 12.7. The molecular weight excluding hydrogens is 500 g/mol. The van der Waals surface area contributed by atoms with Gasteiger partial charge in [0.25, 0.3) is 5.89 Å². The number of aromatic nitrogens is 4. The van der Waals surface area contributed by atoms with Crippen LogP contribution in [0.2, 0.25) is 0 Å². The van der Waals surface area contributed by atoms with Crippen LogP contribution in [-0.2, 0) is 15.8 Å². The fourth-order valence-corrected chi connectivity index (χ4v) is 4.71. The van der Waals surface area contributed by atoms with Gasteiger partial charge in [0, 0.05) is 17.4 Å². The maximum atomic E-state index is 12.2. The first-order valence-corrected chi connectivity index (χ1v) is 12.7. The minimum absolute atomic E-state index is 0.0503. The average Bonchev–Trinajstić information content (AvgIpc) is 3.52. The molecule has 39 heavy (non-hydrogen) atoms. The fraction of sp³-hybridized carbons (Fsp3) is 0.321. The predicted octanol–water partition coefficient (Wildman–Crippen LogP) is 3.85. The van der Waals surface area contributed by atoms with Crippen LogP contribution >= 0.6 is 0 Å². The number of ether oxygens (including phenoxy) is 1. The van der Waals surface area contributed by atoms with E-state index < -0.39 is 17.1 Å². The number of esters is 1. The van der Waals surface area contributed by atoms with Crippen molar-refractivity contribution in [3.8, 4) is 11.5 Å². The summed E-state index contributed by atoms with van der Waals surface area (Å²) in [6.45, 7) is 3.44. The number of carbonyl (C=O) groups excluding carboxylic acids is 1. The Kier molecular flexibility index (Phi) is 6.04. The summed E-state index contributed by atoms with van der Waals surface area (Å²) in [6, 6.07) is 14.4. The van der Waals surface area contributed by atoms with E-state index in [1.165, 1.54) is 0 Å². The largest absolute Gasteiger partial charge is 0.451 e. The number of nitrogens with one attached hydrogen (secondary N) is 2. The van der Waals surface area contributed by atoms with E-state index in [1.807, 2.05) is 50.2 Å². The molecule has 0 amide bonds. The maximum absolute atomic E-state index is 12.2. The molecule has 4 aromatic rings. The van der Waals surface area contributed by atoms with Crippen molar-refractivity contribution < 1.29 is 24.3 Å². The standard InChI is InChI=1S/C28H28N6O5/c1-27(2)20-12-17(8-9-18(20)24(37)38-27)30-26-29-13-19(23-33-25(34-39-23)28(15-36)10-11-28)22(32-26)31-21(14-35)16-6-4-3-5-7-16/h3-9,12-13,21,35-36H,10-11,14-15H2,1-2H3,(H2,29,30,31,32). The third-order valence-electron chi connectivity index (χ3n) is 7.26. The van der Waals surface area contributed by atoms with E-state index in [0.29, 0.717) is 28.5 Å². The molecule has 1 unspecified atom stereocenters. The van der Waals surface area contributed by atoms with Crippen molar-refractivity contribution in [2.24, 2.45) is 0 Å². The first kappa shape index (κ1) is 25.0. The van der Waals surface area contributed by atoms with Crippen molar-refractivity contribution in [1.82, 2.24) is 20.1 Å². The molecule has 11 nitrogen and oxygen atoms in total. The number of anilines is 3. The van der Waals surface area contributed by atoms with Crippen LogP contribution in [0.4, 0.5) is 17.5 Å². The van der Waals surface area contributed by atoms with Crippen LogP contribution in [0.25, 0.3) is 11.5 Å². The molecule has 2 aliphatic rings. The van der Waals surface area contributed by atoms with Crippen molar-refractivity contribution in [2.75, 3.05) is 23.8 Å². The van der Waals surface area contributed by atoms with Crippen molar-refractivity contribution in [3.05, 3.63) is 77.2 Å². The van der Waals surface area contributed by atoms with Gasteiger partial charge in [-0.05, 0) is 50.5 Å². The number of rotatable bonds is 9. The zero-order valence-corrected chi connectivity index (χ0v) is 21.5. The summed E-state index contributed by atoms with van der Waals surface area (Å²) in [6.07, 6.45) is 3.15. The zero-order valence-electron chi connectivity index (χ0n) is 21.5. The van der Waals surface area contributed by atoms with E-state index in [4.69, 9.17) is 9.26 Å². The van der Waals surface area contributed by atoms with Gasteiger partial charge in [-0.15, -0.1) is 0 Å². The zero-order chi connectivity index (χ0) is 27.2. The Hall–Kier alpha value is -4.35. The number of cyclic esters (lactones) is 1. The van der Waals surface area contributed by atoms with Crippen LogP contribution < -0.4 is 10.6 Å². The molecule has 2 aromatic carbocycles. The van der Waals surface area contributed by atoms with Gasteiger partial charge in [-0.1, -0.05) is 35.5 Å². The number of benzene rings is 2. The Balaban J connectivity index is 1.35. The Morgan fingerprint density at radius 1 is 1.05 bits per heavy atom. The van der Waals surface area contributed by atoms with E-state index in [1.54, 1.807) is 18.3 Å². The van der Waals surface area contributed by atoms with E-state index in [2.05, 4.69) is 30.7 Å². The van der Waals surface area contributed by atoms with E-state index in [9.17, 15) is 15.0 Å².